The fourth-order valence-electron chi connectivity index (χ4n) is 3.04. The van der Waals surface area contributed by atoms with Gasteiger partial charge in [-0.25, -0.2) is 0 Å². The first-order valence-electron chi connectivity index (χ1n) is 11.6. The topological polar surface area (TPSA) is 27.7 Å². The molecule has 158 valence electrons. The van der Waals surface area contributed by atoms with Crippen LogP contribution in [0.15, 0.2) is 0 Å². The molecule has 0 radical (unpaired) electrons. The van der Waals surface area contributed by atoms with Gasteiger partial charge in [0.2, 0.25) is 0 Å². The Morgan fingerprint density at radius 3 is 0.962 bits per heavy atom. The van der Waals surface area contributed by atoms with Crippen LogP contribution in [0.2, 0.25) is 0 Å². The average Bonchev–Trinajstić information content (AvgIpc) is 2.66. The Morgan fingerprint density at radius 1 is 0.308 bits per heavy atom. The monoisotopic (exact) mass is 372 g/mol. The van der Waals surface area contributed by atoms with Gasteiger partial charge in [0.1, 0.15) is 0 Å². The third-order valence-corrected chi connectivity index (χ3v) is 4.78. The molecule has 0 aromatic carbocycles. The second kappa shape index (κ2) is 24.9. The Labute approximate surface area is 164 Å². The van der Waals surface area contributed by atoms with E-state index in [4.69, 9.17) is 14.2 Å². The van der Waals surface area contributed by atoms with E-state index in [1.54, 1.807) is 0 Å². The summed E-state index contributed by atoms with van der Waals surface area (Å²) in [5, 5.41) is 0. The fourth-order valence-corrected chi connectivity index (χ4v) is 3.04. The molecule has 0 aliphatic rings. The van der Waals surface area contributed by atoms with Gasteiger partial charge in [0, 0.05) is 13.2 Å². The molecule has 0 bridgehead atoms. The normalized spacial score (nSPS) is 11.3. The van der Waals surface area contributed by atoms with E-state index in [2.05, 4.69) is 13.8 Å². The summed E-state index contributed by atoms with van der Waals surface area (Å²) in [6.07, 6.45) is 20.2. The standard InChI is InChI=1S/C23H48O3/c1-3-5-7-9-10-11-12-13-14-15-17-19-25-21-23-26-22-20-24-18-16-8-6-4-2/h3-23H2,1-2H3. The number of hydrogen-bond acceptors (Lipinski definition) is 3. The molecule has 0 saturated heterocycles. The van der Waals surface area contributed by atoms with Crippen molar-refractivity contribution in [3.05, 3.63) is 0 Å². The molecule has 0 rings (SSSR count). The zero-order valence-electron chi connectivity index (χ0n) is 18.1. The first kappa shape index (κ1) is 25.9. The van der Waals surface area contributed by atoms with Crippen molar-refractivity contribution < 1.29 is 14.2 Å². The summed E-state index contributed by atoms with van der Waals surface area (Å²) < 4.78 is 16.7. The maximum absolute atomic E-state index is 5.62. The average molecular weight is 373 g/mol. The van der Waals surface area contributed by atoms with Gasteiger partial charge in [0.05, 0.1) is 26.4 Å². The molecule has 0 aliphatic carbocycles. The van der Waals surface area contributed by atoms with Crippen molar-refractivity contribution in [3.63, 3.8) is 0 Å². The summed E-state index contributed by atoms with van der Waals surface area (Å²) in [7, 11) is 0. The summed E-state index contributed by atoms with van der Waals surface area (Å²) in [5.41, 5.74) is 0. The van der Waals surface area contributed by atoms with Gasteiger partial charge in [-0.2, -0.15) is 0 Å². The lowest BCUT2D eigenvalue weighted by molar-refractivity contribution is 0.0132. The van der Waals surface area contributed by atoms with Crippen LogP contribution in [0.25, 0.3) is 0 Å². The van der Waals surface area contributed by atoms with Crippen LogP contribution in [0.5, 0.6) is 0 Å². The fraction of sp³-hybridized carbons (Fsp3) is 1.00. The van der Waals surface area contributed by atoms with Crippen molar-refractivity contribution in [1.82, 2.24) is 0 Å². The molecule has 0 amide bonds. The Balaban J connectivity index is 2.95. The lowest BCUT2D eigenvalue weighted by Gasteiger charge is -2.07. The number of hydrogen-bond donors (Lipinski definition) is 0. The van der Waals surface area contributed by atoms with Gasteiger partial charge in [0.15, 0.2) is 0 Å². The molecule has 26 heavy (non-hydrogen) atoms. The summed E-state index contributed by atoms with van der Waals surface area (Å²) in [5.74, 6) is 0. The lowest BCUT2D eigenvalue weighted by atomic mass is 10.1. The molecular formula is C23H48O3. The molecule has 3 nitrogen and oxygen atoms in total. The van der Waals surface area contributed by atoms with E-state index in [0.717, 1.165) is 13.2 Å². The first-order valence-corrected chi connectivity index (χ1v) is 11.6. The van der Waals surface area contributed by atoms with Gasteiger partial charge < -0.3 is 14.2 Å². The summed E-state index contributed by atoms with van der Waals surface area (Å²) >= 11 is 0. The van der Waals surface area contributed by atoms with Gasteiger partial charge >= 0.3 is 0 Å². The Kier molecular flexibility index (Phi) is 24.8. The minimum atomic E-state index is 0.690. The summed E-state index contributed by atoms with van der Waals surface area (Å²) in [6, 6.07) is 0. The molecular weight excluding hydrogens is 324 g/mol. The smallest absolute Gasteiger partial charge is 0.0701 e. The van der Waals surface area contributed by atoms with Gasteiger partial charge in [-0.1, -0.05) is 97.3 Å². The largest absolute Gasteiger partial charge is 0.379 e. The van der Waals surface area contributed by atoms with Crippen molar-refractivity contribution in [2.75, 3.05) is 39.6 Å². The van der Waals surface area contributed by atoms with Gasteiger partial charge in [-0.15, -0.1) is 0 Å². The van der Waals surface area contributed by atoms with Gasteiger partial charge in [0.25, 0.3) is 0 Å². The highest BCUT2D eigenvalue weighted by atomic mass is 16.5. The predicted octanol–water partition coefficient (Wildman–Crippen LogP) is 6.93. The summed E-state index contributed by atoms with van der Waals surface area (Å²) in [4.78, 5) is 0. The number of ether oxygens (including phenoxy) is 3. The highest BCUT2D eigenvalue weighted by molar-refractivity contribution is 4.48. The molecule has 0 spiro atoms. The van der Waals surface area contributed by atoms with E-state index < -0.39 is 0 Å². The van der Waals surface area contributed by atoms with Crippen LogP contribution in [-0.2, 0) is 14.2 Å². The Hall–Kier alpha value is -0.120. The number of rotatable bonds is 23. The molecule has 0 aromatic rings. The van der Waals surface area contributed by atoms with Crippen molar-refractivity contribution in [2.45, 2.75) is 110 Å². The van der Waals surface area contributed by atoms with E-state index in [9.17, 15) is 0 Å². The van der Waals surface area contributed by atoms with Crippen molar-refractivity contribution >= 4 is 0 Å². The number of unbranched alkanes of at least 4 members (excludes halogenated alkanes) is 13. The zero-order valence-corrected chi connectivity index (χ0v) is 18.1. The van der Waals surface area contributed by atoms with Crippen molar-refractivity contribution in [3.8, 4) is 0 Å². The van der Waals surface area contributed by atoms with Gasteiger partial charge in [-0.3, -0.25) is 0 Å². The minimum absolute atomic E-state index is 0.690. The Morgan fingerprint density at radius 2 is 0.577 bits per heavy atom. The highest BCUT2D eigenvalue weighted by Gasteiger charge is 1.95. The van der Waals surface area contributed by atoms with E-state index in [0.29, 0.717) is 26.4 Å². The molecule has 0 aliphatic heterocycles. The lowest BCUT2D eigenvalue weighted by Crippen LogP contribution is -2.10. The van der Waals surface area contributed by atoms with Crippen LogP contribution in [0.3, 0.4) is 0 Å². The van der Waals surface area contributed by atoms with Crippen LogP contribution in [0.1, 0.15) is 110 Å². The third kappa shape index (κ3) is 23.9. The highest BCUT2D eigenvalue weighted by Crippen LogP contribution is 2.11. The predicted molar refractivity (Wildman–Crippen MR) is 113 cm³/mol. The van der Waals surface area contributed by atoms with Crippen LogP contribution in [-0.4, -0.2) is 39.6 Å². The molecule has 0 saturated carbocycles. The SMILES string of the molecule is CCCCCCCCCCCCCOCCOCCOCCCCCC. The quantitative estimate of drug-likeness (QED) is 0.182. The first-order chi connectivity index (χ1) is 12.9. The van der Waals surface area contributed by atoms with Crippen LogP contribution < -0.4 is 0 Å². The van der Waals surface area contributed by atoms with E-state index in [1.165, 1.54) is 96.3 Å². The minimum Gasteiger partial charge on any atom is -0.379 e. The molecule has 0 aromatic heterocycles. The van der Waals surface area contributed by atoms with E-state index >= 15 is 0 Å². The summed E-state index contributed by atoms with van der Waals surface area (Å²) in [6.45, 7) is 9.08. The Bertz CT molecular complexity index is 209. The maximum Gasteiger partial charge on any atom is 0.0701 e. The molecule has 0 unspecified atom stereocenters. The second-order valence-electron chi connectivity index (χ2n) is 7.43. The van der Waals surface area contributed by atoms with Gasteiger partial charge in [-0.05, 0) is 12.8 Å². The van der Waals surface area contributed by atoms with Crippen LogP contribution >= 0.6 is 0 Å². The second-order valence-corrected chi connectivity index (χ2v) is 7.43. The molecule has 0 N–H and O–H groups in total. The third-order valence-electron chi connectivity index (χ3n) is 4.78. The molecule has 3 heteroatoms. The zero-order chi connectivity index (χ0) is 19.0. The maximum atomic E-state index is 5.62. The van der Waals surface area contributed by atoms with Crippen LogP contribution in [0.4, 0.5) is 0 Å². The van der Waals surface area contributed by atoms with E-state index in [1.807, 2.05) is 0 Å². The molecule has 0 heterocycles. The molecule has 0 fully saturated rings. The van der Waals surface area contributed by atoms with Crippen LogP contribution in [0, 0.1) is 0 Å². The van der Waals surface area contributed by atoms with E-state index in [-0.39, 0.29) is 0 Å². The van der Waals surface area contributed by atoms with Crippen molar-refractivity contribution in [2.24, 2.45) is 0 Å². The molecule has 0 atom stereocenters. The van der Waals surface area contributed by atoms with Crippen molar-refractivity contribution in [1.29, 1.82) is 0 Å².